The minimum absolute atomic E-state index is 0.00625. The lowest BCUT2D eigenvalue weighted by Crippen LogP contribution is -2.37. The second-order valence-electron chi connectivity index (χ2n) is 9.39. The van der Waals surface area contributed by atoms with Crippen molar-refractivity contribution in [3.8, 4) is 11.1 Å². The number of carbonyl (C=O) groups excluding carboxylic acids is 1. The van der Waals surface area contributed by atoms with Gasteiger partial charge in [0.2, 0.25) is 0 Å². The third-order valence-electron chi connectivity index (χ3n) is 6.71. The molecule has 1 amide bonds. The van der Waals surface area contributed by atoms with Crippen LogP contribution in [0.2, 0.25) is 0 Å². The minimum atomic E-state index is -5.07. The number of aromatic nitrogens is 1. The van der Waals surface area contributed by atoms with Crippen LogP contribution in [0, 0.1) is 5.82 Å². The van der Waals surface area contributed by atoms with Gasteiger partial charge in [-0.2, -0.15) is 26.3 Å². The second kappa shape index (κ2) is 9.68. The minimum Gasteiger partial charge on any atom is -0.382 e. The molecule has 208 valence electrons. The lowest BCUT2D eigenvalue weighted by atomic mass is 9.93. The van der Waals surface area contributed by atoms with E-state index >= 15 is 4.39 Å². The van der Waals surface area contributed by atoms with E-state index in [1.165, 1.54) is 22.8 Å². The van der Waals surface area contributed by atoms with Crippen LogP contribution in [0.3, 0.4) is 0 Å². The summed E-state index contributed by atoms with van der Waals surface area (Å²) in [5.74, 6) is -1.70. The van der Waals surface area contributed by atoms with Gasteiger partial charge < -0.3 is 14.8 Å². The molecule has 0 atom stereocenters. The Morgan fingerprint density at radius 3 is 2.23 bits per heavy atom. The predicted octanol–water partition coefficient (Wildman–Crippen LogP) is 6.54. The van der Waals surface area contributed by atoms with E-state index in [4.69, 9.17) is 0 Å². The molecule has 3 aromatic carbocycles. The van der Waals surface area contributed by atoms with Gasteiger partial charge in [0.25, 0.3) is 11.5 Å². The van der Waals surface area contributed by atoms with Crippen LogP contribution in [-0.2, 0) is 25.4 Å². The molecular formula is C28H20F7N3O2. The SMILES string of the molecule is CN(Cc1cc(C(F)(F)F)cc(C(F)(F)F)c1)C(=O)c1c(-c2ccccc2F)c2cccc3c2n(c1=O)CCN3. The van der Waals surface area contributed by atoms with Crippen molar-refractivity contribution in [2.45, 2.75) is 25.4 Å². The van der Waals surface area contributed by atoms with E-state index in [1.807, 2.05) is 0 Å². The average Bonchev–Trinajstić information content (AvgIpc) is 2.89. The number of hydrogen-bond donors (Lipinski definition) is 1. The molecule has 5 rings (SSSR count). The highest BCUT2D eigenvalue weighted by atomic mass is 19.4. The van der Waals surface area contributed by atoms with Crippen LogP contribution in [0.5, 0.6) is 0 Å². The van der Waals surface area contributed by atoms with Crippen molar-refractivity contribution in [3.05, 3.63) is 99.1 Å². The van der Waals surface area contributed by atoms with Crippen LogP contribution in [-0.4, -0.2) is 29.0 Å². The fourth-order valence-electron chi connectivity index (χ4n) is 4.96. The highest BCUT2D eigenvalue weighted by Crippen LogP contribution is 2.38. The Kier molecular flexibility index (Phi) is 6.59. The van der Waals surface area contributed by atoms with E-state index in [0.717, 1.165) is 18.0 Å². The number of anilines is 1. The molecule has 1 aromatic heterocycles. The van der Waals surface area contributed by atoms with Crippen LogP contribution >= 0.6 is 0 Å². The molecule has 0 fully saturated rings. The summed E-state index contributed by atoms with van der Waals surface area (Å²) >= 11 is 0. The summed E-state index contributed by atoms with van der Waals surface area (Å²) in [6.45, 7) is -0.142. The number of rotatable bonds is 4. The summed E-state index contributed by atoms with van der Waals surface area (Å²) in [4.78, 5) is 28.4. The van der Waals surface area contributed by atoms with E-state index in [0.29, 0.717) is 35.3 Å². The molecule has 0 radical (unpaired) electrons. The van der Waals surface area contributed by atoms with Crippen molar-refractivity contribution in [2.24, 2.45) is 0 Å². The maximum atomic E-state index is 15.1. The average molecular weight is 563 g/mol. The number of alkyl halides is 6. The summed E-state index contributed by atoms with van der Waals surface area (Å²) in [5.41, 5.74) is -3.72. The fourth-order valence-corrected chi connectivity index (χ4v) is 4.96. The number of amides is 1. The number of halogens is 7. The van der Waals surface area contributed by atoms with Gasteiger partial charge in [-0.1, -0.05) is 30.3 Å². The molecule has 40 heavy (non-hydrogen) atoms. The van der Waals surface area contributed by atoms with E-state index in [1.54, 1.807) is 18.2 Å². The van der Waals surface area contributed by atoms with Gasteiger partial charge in [-0.05, 0) is 35.9 Å². The largest absolute Gasteiger partial charge is 0.416 e. The van der Waals surface area contributed by atoms with Crippen LogP contribution in [0.1, 0.15) is 27.0 Å². The van der Waals surface area contributed by atoms with Crippen molar-refractivity contribution in [1.82, 2.24) is 9.47 Å². The molecule has 0 bridgehead atoms. The number of benzene rings is 3. The van der Waals surface area contributed by atoms with Crippen molar-refractivity contribution in [1.29, 1.82) is 0 Å². The maximum absolute atomic E-state index is 15.1. The Morgan fingerprint density at radius 2 is 1.60 bits per heavy atom. The molecule has 5 nitrogen and oxygen atoms in total. The van der Waals surface area contributed by atoms with Crippen molar-refractivity contribution < 1.29 is 35.5 Å². The number of para-hydroxylation sites is 1. The van der Waals surface area contributed by atoms with Crippen LogP contribution in [0.25, 0.3) is 22.0 Å². The smallest absolute Gasteiger partial charge is 0.382 e. The number of carbonyl (C=O) groups is 1. The normalized spacial score (nSPS) is 13.3. The Labute approximate surface area is 222 Å². The van der Waals surface area contributed by atoms with E-state index in [2.05, 4.69) is 5.32 Å². The quantitative estimate of drug-likeness (QED) is 0.287. The molecule has 0 spiro atoms. The molecule has 0 unspecified atom stereocenters. The summed E-state index contributed by atoms with van der Waals surface area (Å²) in [6, 6.07) is 11.5. The monoisotopic (exact) mass is 563 g/mol. The fraction of sp³-hybridized carbons (Fsp3) is 0.214. The Morgan fingerprint density at radius 1 is 0.950 bits per heavy atom. The van der Waals surface area contributed by atoms with Gasteiger partial charge in [0.05, 0.1) is 22.3 Å². The molecular weight excluding hydrogens is 543 g/mol. The number of nitrogens with zero attached hydrogens (tertiary/aromatic N) is 2. The molecule has 0 saturated carbocycles. The molecule has 1 aliphatic rings. The van der Waals surface area contributed by atoms with Crippen LogP contribution in [0.15, 0.2) is 65.5 Å². The number of nitrogens with one attached hydrogen (secondary N) is 1. The lowest BCUT2D eigenvalue weighted by Gasteiger charge is -2.26. The number of pyridine rings is 1. The highest BCUT2D eigenvalue weighted by molar-refractivity contribution is 6.11. The van der Waals surface area contributed by atoms with Gasteiger partial charge in [0, 0.05) is 43.2 Å². The van der Waals surface area contributed by atoms with Crippen LogP contribution < -0.4 is 10.9 Å². The Hall–Kier alpha value is -4.35. The van der Waals surface area contributed by atoms with Crippen molar-refractivity contribution >= 4 is 22.5 Å². The summed E-state index contributed by atoms with van der Waals surface area (Å²) in [6.07, 6.45) is -10.1. The standard InChI is InChI=1S/C28H20F7N3O2/c1-37(14-15-11-16(27(30,31)32)13-17(12-15)28(33,34)35)25(39)23-22(18-5-2-3-7-20(18)29)19-6-4-8-21-24(19)38(26(23)40)10-9-36-21/h2-8,11-13,36H,9-10,14H2,1H3. The molecule has 4 aromatic rings. The zero-order chi connectivity index (χ0) is 29.0. The van der Waals surface area contributed by atoms with Gasteiger partial charge in [0.15, 0.2) is 0 Å². The third kappa shape index (κ3) is 4.78. The van der Waals surface area contributed by atoms with Gasteiger partial charge in [-0.25, -0.2) is 4.39 Å². The molecule has 1 aliphatic heterocycles. The number of hydrogen-bond acceptors (Lipinski definition) is 3. The zero-order valence-electron chi connectivity index (χ0n) is 20.8. The summed E-state index contributed by atoms with van der Waals surface area (Å²) in [5, 5.41) is 3.53. The van der Waals surface area contributed by atoms with Crippen LogP contribution in [0.4, 0.5) is 36.4 Å². The van der Waals surface area contributed by atoms with Gasteiger partial charge in [-0.3, -0.25) is 9.59 Å². The van der Waals surface area contributed by atoms with E-state index in [-0.39, 0.29) is 23.7 Å². The molecule has 12 heteroatoms. The molecule has 0 saturated heterocycles. The predicted molar refractivity (Wildman–Crippen MR) is 134 cm³/mol. The van der Waals surface area contributed by atoms with Gasteiger partial charge in [0.1, 0.15) is 11.4 Å². The highest BCUT2D eigenvalue weighted by Gasteiger charge is 2.37. The van der Waals surface area contributed by atoms with E-state index < -0.39 is 58.4 Å². The first-order valence-electron chi connectivity index (χ1n) is 12.0. The molecule has 2 heterocycles. The van der Waals surface area contributed by atoms with Crippen molar-refractivity contribution in [3.63, 3.8) is 0 Å². The van der Waals surface area contributed by atoms with Gasteiger partial charge >= 0.3 is 12.4 Å². The summed E-state index contributed by atoms with van der Waals surface area (Å²) < 4.78 is 96.6. The Balaban J connectivity index is 1.68. The first kappa shape index (κ1) is 27.2. The second-order valence-corrected chi connectivity index (χ2v) is 9.39. The molecule has 0 aliphatic carbocycles. The Bertz CT molecular complexity index is 1680. The first-order chi connectivity index (χ1) is 18.8. The maximum Gasteiger partial charge on any atom is 0.416 e. The first-order valence-corrected chi connectivity index (χ1v) is 12.0. The molecule has 1 N–H and O–H groups in total. The van der Waals surface area contributed by atoms with Gasteiger partial charge in [-0.15, -0.1) is 0 Å². The van der Waals surface area contributed by atoms with Crippen molar-refractivity contribution in [2.75, 3.05) is 18.9 Å². The van der Waals surface area contributed by atoms with E-state index in [9.17, 15) is 35.9 Å². The summed E-state index contributed by atoms with van der Waals surface area (Å²) in [7, 11) is 1.15. The topological polar surface area (TPSA) is 54.3 Å². The lowest BCUT2D eigenvalue weighted by molar-refractivity contribution is -0.143. The zero-order valence-corrected chi connectivity index (χ0v) is 20.8. The third-order valence-corrected chi connectivity index (χ3v) is 6.71.